The minimum atomic E-state index is 0.146. The van der Waals surface area contributed by atoms with E-state index in [1.54, 1.807) is 0 Å². The average Bonchev–Trinajstić information content (AvgIpc) is 2.77. The first-order valence-corrected chi connectivity index (χ1v) is 11.1. The number of piperidine rings is 1. The molecule has 2 aliphatic heterocycles. The summed E-state index contributed by atoms with van der Waals surface area (Å²) in [5, 5.41) is 0. The molecule has 0 spiro atoms. The van der Waals surface area contributed by atoms with Gasteiger partial charge in [0.1, 0.15) is 5.82 Å². The highest BCUT2D eigenvalue weighted by atomic mass is 16.5. The van der Waals surface area contributed by atoms with Crippen LogP contribution < -0.4 is 0 Å². The number of nitrogens with zero attached hydrogens (tertiary/aromatic N) is 4. The molecule has 1 aromatic heterocycles. The number of hydrogen-bond acceptors (Lipinski definition) is 5. The van der Waals surface area contributed by atoms with E-state index in [9.17, 15) is 4.79 Å². The van der Waals surface area contributed by atoms with Crippen molar-refractivity contribution in [2.45, 2.75) is 45.6 Å². The zero-order chi connectivity index (χ0) is 20.9. The lowest BCUT2D eigenvalue weighted by molar-refractivity contribution is -0.134. The fourth-order valence-electron chi connectivity index (χ4n) is 4.53. The Labute approximate surface area is 179 Å². The first kappa shape index (κ1) is 20.9. The van der Waals surface area contributed by atoms with Crippen molar-refractivity contribution >= 4 is 5.91 Å². The summed E-state index contributed by atoms with van der Waals surface area (Å²) in [6.07, 6.45) is 2.66. The first-order valence-electron chi connectivity index (χ1n) is 11.1. The summed E-state index contributed by atoms with van der Waals surface area (Å²) in [7, 11) is 0. The summed E-state index contributed by atoms with van der Waals surface area (Å²) in [5.74, 6) is 1.43. The Morgan fingerprint density at radius 1 is 1.07 bits per heavy atom. The molecular weight excluding hydrogens is 376 g/mol. The highest BCUT2D eigenvalue weighted by Gasteiger charge is 2.26. The molecule has 1 amide bonds. The van der Waals surface area contributed by atoms with E-state index >= 15 is 0 Å². The second-order valence-corrected chi connectivity index (χ2v) is 8.46. The Kier molecular flexibility index (Phi) is 6.75. The van der Waals surface area contributed by atoms with Crippen LogP contribution >= 0.6 is 0 Å². The van der Waals surface area contributed by atoms with Crippen LogP contribution in [-0.2, 0) is 22.5 Å². The summed E-state index contributed by atoms with van der Waals surface area (Å²) >= 11 is 0. The van der Waals surface area contributed by atoms with Gasteiger partial charge in [-0.05, 0) is 38.8 Å². The number of aryl methyl sites for hydroxylation is 2. The van der Waals surface area contributed by atoms with Crippen molar-refractivity contribution in [3.63, 3.8) is 0 Å². The van der Waals surface area contributed by atoms with Crippen LogP contribution in [0.5, 0.6) is 0 Å². The van der Waals surface area contributed by atoms with E-state index in [-0.39, 0.29) is 5.91 Å². The maximum absolute atomic E-state index is 12.7. The third-order valence-corrected chi connectivity index (χ3v) is 6.25. The fourth-order valence-corrected chi connectivity index (χ4v) is 4.53. The Morgan fingerprint density at radius 3 is 2.47 bits per heavy atom. The molecule has 2 aromatic rings. The van der Waals surface area contributed by atoms with Crippen molar-refractivity contribution in [2.24, 2.45) is 0 Å². The van der Waals surface area contributed by atoms with E-state index in [4.69, 9.17) is 14.7 Å². The number of amides is 1. The van der Waals surface area contributed by atoms with Crippen LogP contribution in [0.25, 0.3) is 0 Å². The summed E-state index contributed by atoms with van der Waals surface area (Å²) < 4.78 is 5.35. The van der Waals surface area contributed by atoms with Gasteiger partial charge in [-0.25, -0.2) is 9.97 Å². The van der Waals surface area contributed by atoms with E-state index in [0.29, 0.717) is 38.6 Å². The van der Waals surface area contributed by atoms with E-state index in [1.165, 1.54) is 5.56 Å². The second-order valence-electron chi connectivity index (χ2n) is 8.46. The molecule has 6 nitrogen and oxygen atoms in total. The molecule has 2 saturated heterocycles. The summed E-state index contributed by atoms with van der Waals surface area (Å²) in [4.78, 5) is 26.8. The Balaban J connectivity index is 1.43. The standard InChI is InChI=1S/C24H32N4O2/c1-18-22(15-23(29)28-11-13-30-14-12-28)19(2)26-24(25-18)21-9-6-10-27(17-21)16-20-7-4-3-5-8-20/h3-5,7-8,21H,6,9-17H2,1-2H3/t21-/m0/s1. The van der Waals surface area contributed by atoms with Crippen LogP contribution in [0.2, 0.25) is 0 Å². The van der Waals surface area contributed by atoms with E-state index in [2.05, 4.69) is 35.2 Å². The molecule has 30 heavy (non-hydrogen) atoms. The van der Waals surface area contributed by atoms with Gasteiger partial charge in [0.2, 0.25) is 5.91 Å². The molecule has 0 saturated carbocycles. The number of rotatable bonds is 5. The van der Waals surface area contributed by atoms with Gasteiger partial charge < -0.3 is 9.64 Å². The van der Waals surface area contributed by atoms with Gasteiger partial charge in [0, 0.05) is 49.0 Å². The fraction of sp³-hybridized carbons (Fsp3) is 0.542. The van der Waals surface area contributed by atoms with E-state index in [1.807, 2.05) is 18.7 Å². The molecular formula is C24H32N4O2. The Bertz CT molecular complexity index is 842. The molecule has 0 bridgehead atoms. The lowest BCUT2D eigenvalue weighted by atomic mass is 9.96. The van der Waals surface area contributed by atoms with Crippen molar-refractivity contribution in [1.29, 1.82) is 0 Å². The normalized spacial score (nSPS) is 20.3. The molecule has 160 valence electrons. The van der Waals surface area contributed by atoms with Crippen LogP contribution in [0.1, 0.15) is 47.1 Å². The molecule has 2 aliphatic rings. The van der Waals surface area contributed by atoms with Crippen molar-refractivity contribution < 1.29 is 9.53 Å². The van der Waals surface area contributed by atoms with Crippen molar-refractivity contribution in [2.75, 3.05) is 39.4 Å². The van der Waals surface area contributed by atoms with Crippen LogP contribution in [0.15, 0.2) is 30.3 Å². The quantitative estimate of drug-likeness (QED) is 0.761. The molecule has 2 fully saturated rings. The summed E-state index contributed by atoms with van der Waals surface area (Å²) in [6, 6.07) is 10.6. The number of aromatic nitrogens is 2. The molecule has 1 atom stereocenters. The van der Waals surface area contributed by atoms with E-state index < -0.39 is 0 Å². The maximum Gasteiger partial charge on any atom is 0.227 e. The van der Waals surface area contributed by atoms with Crippen LogP contribution in [0, 0.1) is 13.8 Å². The molecule has 1 aromatic carbocycles. The molecule has 0 unspecified atom stereocenters. The van der Waals surface area contributed by atoms with Crippen molar-refractivity contribution in [1.82, 2.24) is 19.8 Å². The molecule has 0 N–H and O–H groups in total. The van der Waals surface area contributed by atoms with Gasteiger partial charge in [-0.3, -0.25) is 9.69 Å². The Hall–Kier alpha value is -2.31. The number of ether oxygens (including phenoxy) is 1. The van der Waals surface area contributed by atoms with Gasteiger partial charge in [-0.1, -0.05) is 30.3 Å². The minimum Gasteiger partial charge on any atom is -0.378 e. The Morgan fingerprint density at radius 2 is 1.77 bits per heavy atom. The number of morpholine rings is 1. The largest absolute Gasteiger partial charge is 0.378 e. The van der Waals surface area contributed by atoms with Crippen molar-refractivity contribution in [3.8, 4) is 0 Å². The summed E-state index contributed by atoms with van der Waals surface area (Å²) in [5.41, 5.74) is 4.22. The number of carbonyl (C=O) groups is 1. The minimum absolute atomic E-state index is 0.146. The number of hydrogen-bond donors (Lipinski definition) is 0. The number of likely N-dealkylation sites (tertiary alicyclic amines) is 1. The molecule has 3 heterocycles. The molecule has 4 rings (SSSR count). The predicted octanol–water partition coefficient (Wildman–Crippen LogP) is 2.87. The number of benzene rings is 1. The van der Waals surface area contributed by atoms with Crippen molar-refractivity contribution in [3.05, 3.63) is 58.7 Å². The van der Waals surface area contributed by atoms with Gasteiger partial charge in [0.05, 0.1) is 19.6 Å². The van der Waals surface area contributed by atoms with Gasteiger partial charge in [0.25, 0.3) is 0 Å². The van der Waals surface area contributed by atoms with Gasteiger partial charge in [0.15, 0.2) is 0 Å². The summed E-state index contributed by atoms with van der Waals surface area (Å²) in [6.45, 7) is 9.72. The SMILES string of the molecule is Cc1nc([C@H]2CCCN(Cc3ccccc3)C2)nc(C)c1CC(=O)N1CCOCC1. The lowest BCUT2D eigenvalue weighted by Crippen LogP contribution is -2.41. The van der Waals surface area contributed by atoms with Gasteiger partial charge in [-0.2, -0.15) is 0 Å². The third kappa shape index (κ3) is 5.05. The van der Waals surface area contributed by atoms with Gasteiger partial charge >= 0.3 is 0 Å². The zero-order valence-electron chi connectivity index (χ0n) is 18.1. The van der Waals surface area contributed by atoms with Crippen LogP contribution in [-0.4, -0.2) is 65.1 Å². The van der Waals surface area contributed by atoms with Gasteiger partial charge in [-0.15, -0.1) is 0 Å². The molecule has 0 radical (unpaired) electrons. The van der Waals surface area contributed by atoms with Crippen LogP contribution in [0.4, 0.5) is 0 Å². The van der Waals surface area contributed by atoms with Crippen LogP contribution in [0.3, 0.4) is 0 Å². The highest BCUT2D eigenvalue weighted by Crippen LogP contribution is 2.27. The lowest BCUT2D eigenvalue weighted by Gasteiger charge is -2.32. The zero-order valence-corrected chi connectivity index (χ0v) is 18.1. The second kappa shape index (κ2) is 9.67. The maximum atomic E-state index is 12.7. The molecule has 0 aliphatic carbocycles. The molecule has 6 heteroatoms. The predicted molar refractivity (Wildman–Crippen MR) is 116 cm³/mol. The van der Waals surface area contributed by atoms with E-state index in [0.717, 1.165) is 55.3 Å². The first-order chi connectivity index (χ1) is 14.6. The number of carbonyl (C=O) groups excluding carboxylic acids is 1. The third-order valence-electron chi connectivity index (χ3n) is 6.25. The monoisotopic (exact) mass is 408 g/mol. The average molecular weight is 409 g/mol. The smallest absolute Gasteiger partial charge is 0.227 e. The topological polar surface area (TPSA) is 58.6 Å². The highest BCUT2D eigenvalue weighted by molar-refractivity contribution is 5.79.